The first-order chi connectivity index (χ1) is 8.84. The van der Waals surface area contributed by atoms with Crippen LogP contribution in [-0.4, -0.2) is 21.3 Å². The van der Waals surface area contributed by atoms with E-state index >= 15 is 0 Å². The largest absolute Gasteiger partial charge is 0.309 e. The van der Waals surface area contributed by atoms with Crippen LogP contribution in [-0.2, 0) is 6.54 Å². The lowest BCUT2D eigenvalue weighted by Crippen LogP contribution is -2.19. The molecule has 1 aliphatic rings. The lowest BCUT2D eigenvalue weighted by Gasteiger charge is -2.13. The summed E-state index contributed by atoms with van der Waals surface area (Å²) >= 11 is 0. The highest BCUT2D eigenvalue weighted by molar-refractivity contribution is 5.17. The maximum Gasteiger partial charge on any atom is 0.150 e. The van der Waals surface area contributed by atoms with Crippen LogP contribution in [0.5, 0.6) is 0 Å². The normalized spacial score (nSPS) is 19.3. The van der Waals surface area contributed by atoms with Crippen LogP contribution in [0.4, 0.5) is 0 Å². The van der Waals surface area contributed by atoms with Crippen LogP contribution in [0.15, 0.2) is 30.3 Å². The first kappa shape index (κ1) is 11.4. The average Bonchev–Trinajstić information content (AvgIpc) is 3.02. The van der Waals surface area contributed by atoms with Crippen molar-refractivity contribution < 1.29 is 0 Å². The van der Waals surface area contributed by atoms with Crippen molar-refractivity contribution in [2.75, 3.05) is 6.54 Å². The summed E-state index contributed by atoms with van der Waals surface area (Å²) in [6, 6.07) is 10.8. The van der Waals surface area contributed by atoms with E-state index in [2.05, 4.69) is 44.3 Å². The summed E-state index contributed by atoms with van der Waals surface area (Å²) in [6.07, 6.45) is 2.38. The SMILES string of the molecule is Cc1nnc(C2CCCN2)n1Cc1ccccc1. The number of rotatable bonds is 3. The summed E-state index contributed by atoms with van der Waals surface area (Å²) in [5.41, 5.74) is 1.29. The van der Waals surface area contributed by atoms with E-state index in [-0.39, 0.29) is 0 Å². The number of aryl methyl sites for hydroxylation is 1. The van der Waals surface area contributed by atoms with Crippen LogP contribution in [0.1, 0.15) is 36.1 Å². The lowest BCUT2D eigenvalue weighted by atomic mass is 10.2. The van der Waals surface area contributed by atoms with Gasteiger partial charge in [-0.2, -0.15) is 0 Å². The first-order valence-electron chi connectivity index (χ1n) is 6.51. The second kappa shape index (κ2) is 4.90. The van der Waals surface area contributed by atoms with Crippen LogP contribution in [0.2, 0.25) is 0 Å². The van der Waals surface area contributed by atoms with Crippen molar-refractivity contribution >= 4 is 0 Å². The summed E-state index contributed by atoms with van der Waals surface area (Å²) in [6.45, 7) is 3.96. The molecule has 0 radical (unpaired) electrons. The Kier molecular flexibility index (Phi) is 3.11. The Bertz CT molecular complexity index is 512. The van der Waals surface area contributed by atoms with Crippen molar-refractivity contribution in [3.05, 3.63) is 47.5 Å². The molecular weight excluding hydrogens is 224 g/mol. The molecule has 1 fully saturated rings. The Labute approximate surface area is 107 Å². The molecule has 0 spiro atoms. The van der Waals surface area contributed by atoms with Crippen molar-refractivity contribution in [3.63, 3.8) is 0 Å². The molecule has 0 bridgehead atoms. The summed E-state index contributed by atoms with van der Waals surface area (Å²) < 4.78 is 2.22. The minimum Gasteiger partial charge on any atom is -0.309 e. The number of benzene rings is 1. The molecule has 4 nitrogen and oxygen atoms in total. The fourth-order valence-electron chi connectivity index (χ4n) is 2.52. The van der Waals surface area contributed by atoms with E-state index in [9.17, 15) is 0 Å². The summed E-state index contributed by atoms with van der Waals surface area (Å²) in [5, 5.41) is 12.1. The average molecular weight is 242 g/mol. The summed E-state index contributed by atoms with van der Waals surface area (Å²) in [4.78, 5) is 0. The van der Waals surface area contributed by atoms with E-state index in [4.69, 9.17) is 0 Å². The smallest absolute Gasteiger partial charge is 0.150 e. The van der Waals surface area contributed by atoms with Gasteiger partial charge in [-0.05, 0) is 31.9 Å². The number of hydrogen-bond donors (Lipinski definition) is 1. The topological polar surface area (TPSA) is 42.7 Å². The molecule has 0 amide bonds. The molecule has 1 aliphatic heterocycles. The van der Waals surface area contributed by atoms with E-state index in [0.29, 0.717) is 6.04 Å². The number of aromatic nitrogens is 3. The van der Waals surface area contributed by atoms with E-state index in [0.717, 1.165) is 31.2 Å². The molecule has 1 aromatic carbocycles. The van der Waals surface area contributed by atoms with Crippen LogP contribution in [0, 0.1) is 6.92 Å². The molecule has 4 heteroatoms. The molecule has 3 rings (SSSR count). The predicted octanol–water partition coefficient (Wildman–Crippen LogP) is 2.06. The van der Waals surface area contributed by atoms with E-state index < -0.39 is 0 Å². The molecule has 2 aromatic rings. The van der Waals surface area contributed by atoms with Gasteiger partial charge in [-0.1, -0.05) is 30.3 Å². The standard InChI is InChI=1S/C14H18N4/c1-11-16-17-14(13-8-5-9-15-13)18(11)10-12-6-3-2-4-7-12/h2-4,6-7,13,15H,5,8-10H2,1H3. The van der Waals surface area contributed by atoms with Crippen LogP contribution < -0.4 is 5.32 Å². The summed E-state index contributed by atoms with van der Waals surface area (Å²) in [7, 11) is 0. The third-order valence-electron chi connectivity index (χ3n) is 3.52. The van der Waals surface area contributed by atoms with Gasteiger partial charge in [-0.25, -0.2) is 0 Å². The van der Waals surface area contributed by atoms with Crippen molar-refractivity contribution in [1.82, 2.24) is 20.1 Å². The van der Waals surface area contributed by atoms with E-state index in [1.165, 1.54) is 12.0 Å². The van der Waals surface area contributed by atoms with Gasteiger partial charge in [-0.3, -0.25) is 0 Å². The first-order valence-corrected chi connectivity index (χ1v) is 6.51. The lowest BCUT2D eigenvalue weighted by molar-refractivity contribution is 0.560. The third-order valence-corrected chi connectivity index (χ3v) is 3.52. The fourth-order valence-corrected chi connectivity index (χ4v) is 2.52. The van der Waals surface area contributed by atoms with Crippen molar-refractivity contribution in [3.8, 4) is 0 Å². The molecule has 2 heterocycles. The van der Waals surface area contributed by atoms with Gasteiger partial charge in [0.1, 0.15) is 5.82 Å². The van der Waals surface area contributed by atoms with Crippen molar-refractivity contribution in [2.24, 2.45) is 0 Å². The molecule has 18 heavy (non-hydrogen) atoms. The highest BCUT2D eigenvalue weighted by Gasteiger charge is 2.22. The van der Waals surface area contributed by atoms with Gasteiger partial charge >= 0.3 is 0 Å². The third kappa shape index (κ3) is 2.16. The Morgan fingerprint density at radius 2 is 2.11 bits per heavy atom. The maximum absolute atomic E-state index is 4.34. The number of hydrogen-bond acceptors (Lipinski definition) is 3. The minimum absolute atomic E-state index is 0.370. The zero-order valence-electron chi connectivity index (χ0n) is 10.6. The van der Waals surface area contributed by atoms with Gasteiger partial charge < -0.3 is 9.88 Å². The second-order valence-corrected chi connectivity index (χ2v) is 4.83. The molecular formula is C14H18N4. The summed E-state index contributed by atoms with van der Waals surface area (Å²) in [5.74, 6) is 2.07. The molecule has 1 N–H and O–H groups in total. The monoisotopic (exact) mass is 242 g/mol. The van der Waals surface area contributed by atoms with Gasteiger partial charge in [0.25, 0.3) is 0 Å². The Morgan fingerprint density at radius 1 is 1.28 bits per heavy atom. The van der Waals surface area contributed by atoms with Gasteiger partial charge in [0, 0.05) is 0 Å². The molecule has 94 valence electrons. The van der Waals surface area contributed by atoms with Gasteiger partial charge in [-0.15, -0.1) is 10.2 Å². The van der Waals surface area contributed by atoms with E-state index in [1.54, 1.807) is 0 Å². The van der Waals surface area contributed by atoms with Gasteiger partial charge in [0.15, 0.2) is 5.82 Å². The highest BCUT2D eigenvalue weighted by atomic mass is 15.3. The fraction of sp³-hybridized carbons (Fsp3) is 0.429. The van der Waals surface area contributed by atoms with Gasteiger partial charge in [0.2, 0.25) is 0 Å². The predicted molar refractivity (Wildman–Crippen MR) is 70.3 cm³/mol. The maximum atomic E-state index is 4.34. The second-order valence-electron chi connectivity index (χ2n) is 4.83. The number of nitrogens with one attached hydrogen (secondary N) is 1. The molecule has 1 saturated heterocycles. The van der Waals surface area contributed by atoms with Crippen LogP contribution >= 0.6 is 0 Å². The highest BCUT2D eigenvalue weighted by Crippen LogP contribution is 2.22. The molecule has 1 aromatic heterocycles. The minimum atomic E-state index is 0.370. The number of nitrogens with zero attached hydrogens (tertiary/aromatic N) is 3. The Morgan fingerprint density at radius 3 is 2.83 bits per heavy atom. The van der Waals surface area contributed by atoms with Crippen LogP contribution in [0.25, 0.3) is 0 Å². The molecule has 0 aliphatic carbocycles. The zero-order valence-corrected chi connectivity index (χ0v) is 10.6. The molecule has 1 atom stereocenters. The Balaban J connectivity index is 1.88. The van der Waals surface area contributed by atoms with Crippen molar-refractivity contribution in [1.29, 1.82) is 0 Å². The Hall–Kier alpha value is -1.68. The zero-order chi connectivity index (χ0) is 12.4. The van der Waals surface area contributed by atoms with Crippen LogP contribution in [0.3, 0.4) is 0 Å². The van der Waals surface area contributed by atoms with Gasteiger partial charge in [0.05, 0.1) is 12.6 Å². The molecule has 1 unspecified atom stereocenters. The quantitative estimate of drug-likeness (QED) is 0.896. The van der Waals surface area contributed by atoms with E-state index in [1.807, 2.05) is 13.0 Å². The van der Waals surface area contributed by atoms with Crippen molar-refractivity contribution in [2.45, 2.75) is 32.4 Å². The molecule has 0 saturated carbocycles.